The maximum absolute atomic E-state index is 6.19. The van der Waals surface area contributed by atoms with Crippen molar-refractivity contribution in [2.75, 3.05) is 0 Å². The van der Waals surface area contributed by atoms with E-state index in [1.54, 1.807) is 0 Å². The number of hydrogen-bond acceptors (Lipinski definition) is 3. The molecule has 0 amide bonds. The van der Waals surface area contributed by atoms with E-state index in [9.17, 15) is 0 Å². The first-order chi connectivity index (χ1) is 13.8. The van der Waals surface area contributed by atoms with Crippen molar-refractivity contribution < 1.29 is 4.42 Å². The van der Waals surface area contributed by atoms with Crippen LogP contribution in [0.25, 0.3) is 54.9 Å². The lowest BCUT2D eigenvalue weighted by molar-refractivity contribution is 0.669. The second-order valence-electron chi connectivity index (χ2n) is 6.83. The molecule has 4 heteroatoms. The summed E-state index contributed by atoms with van der Waals surface area (Å²) in [5.74, 6) is 0. The van der Waals surface area contributed by atoms with E-state index in [1.165, 1.54) is 0 Å². The molecule has 0 aliphatic heterocycles. The molecule has 0 aliphatic carbocycles. The molecule has 0 saturated heterocycles. The van der Waals surface area contributed by atoms with Gasteiger partial charge in [0.15, 0.2) is 0 Å². The van der Waals surface area contributed by atoms with Crippen LogP contribution in [-0.4, -0.2) is 9.97 Å². The highest BCUT2D eigenvalue weighted by Gasteiger charge is 2.13. The van der Waals surface area contributed by atoms with Gasteiger partial charge in [0, 0.05) is 21.7 Å². The van der Waals surface area contributed by atoms with Crippen molar-refractivity contribution in [3.05, 3.63) is 84.1 Å². The van der Waals surface area contributed by atoms with E-state index >= 15 is 0 Å². The average Bonchev–Trinajstić information content (AvgIpc) is 3.12. The maximum atomic E-state index is 6.19. The van der Waals surface area contributed by atoms with Crippen LogP contribution in [0.2, 0.25) is 5.28 Å². The van der Waals surface area contributed by atoms with Crippen LogP contribution in [0, 0.1) is 0 Å². The molecule has 0 unspecified atom stereocenters. The van der Waals surface area contributed by atoms with Gasteiger partial charge in [-0.3, -0.25) is 0 Å². The highest BCUT2D eigenvalue weighted by Crippen LogP contribution is 2.36. The molecule has 2 heterocycles. The predicted molar refractivity (Wildman–Crippen MR) is 115 cm³/mol. The molecule has 0 radical (unpaired) electrons. The minimum Gasteiger partial charge on any atom is -0.456 e. The number of para-hydroxylation sites is 2. The van der Waals surface area contributed by atoms with Gasteiger partial charge in [0.25, 0.3) is 0 Å². The summed E-state index contributed by atoms with van der Waals surface area (Å²) >= 11 is 6.19. The van der Waals surface area contributed by atoms with E-state index in [-0.39, 0.29) is 5.28 Å². The fraction of sp³-hybridized carbons (Fsp3) is 0. The summed E-state index contributed by atoms with van der Waals surface area (Å²) in [6.45, 7) is 0. The Hall–Kier alpha value is -3.43. The largest absolute Gasteiger partial charge is 0.456 e. The van der Waals surface area contributed by atoms with Gasteiger partial charge in [-0.1, -0.05) is 54.6 Å². The quantitative estimate of drug-likeness (QED) is 0.288. The minimum atomic E-state index is 0.255. The molecule has 0 fully saturated rings. The first-order valence-corrected chi connectivity index (χ1v) is 9.42. The fourth-order valence-electron chi connectivity index (χ4n) is 3.97. The molecule has 0 atom stereocenters. The van der Waals surface area contributed by atoms with Crippen molar-refractivity contribution >= 4 is 55.2 Å². The van der Waals surface area contributed by atoms with Gasteiger partial charge in [0.2, 0.25) is 5.28 Å². The van der Waals surface area contributed by atoms with Gasteiger partial charge in [0.1, 0.15) is 11.2 Å². The first kappa shape index (κ1) is 15.6. The normalized spacial score (nSPS) is 11.8. The van der Waals surface area contributed by atoms with Gasteiger partial charge < -0.3 is 4.42 Å². The Labute approximate surface area is 165 Å². The zero-order chi connectivity index (χ0) is 18.7. The molecular weight excluding hydrogens is 368 g/mol. The number of hydrogen-bond donors (Lipinski definition) is 0. The van der Waals surface area contributed by atoms with Crippen molar-refractivity contribution in [3.8, 4) is 11.3 Å². The van der Waals surface area contributed by atoms with Crippen LogP contribution in [0.1, 0.15) is 0 Å². The number of halogens is 1. The zero-order valence-electron chi connectivity index (χ0n) is 14.7. The molecule has 2 aromatic heterocycles. The summed E-state index contributed by atoms with van der Waals surface area (Å²) in [4.78, 5) is 8.85. The lowest BCUT2D eigenvalue weighted by atomic mass is 9.99. The van der Waals surface area contributed by atoms with Gasteiger partial charge in [-0.15, -0.1) is 0 Å². The third-order valence-corrected chi connectivity index (χ3v) is 5.38. The van der Waals surface area contributed by atoms with Crippen LogP contribution >= 0.6 is 11.6 Å². The summed E-state index contributed by atoms with van der Waals surface area (Å²) in [5, 5.41) is 5.81. The van der Waals surface area contributed by atoms with Crippen LogP contribution in [-0.2, 0) is 0 Å². The predicted octanol–water partition coefficient (Wildman–Crippen LogP) is 7.00. The topological polar surface area (TPSA) is 38.9 Å². The third-order valence-electron chi connectivity index (χ3n) is 5.21. The number of benzene rings is 4. The molecule has 0 saturated carbocycles. The molecule has 0 spiro atoms. The molecular formula is C24H13ClN2O. The molecule has 0 aliphatic rings. The SMILES string of the molecule is Clc1nc(-c2ccc3c(ccc4oc5ccccc5c43)c2)c2ccccc2n1. The number of furan rings is 1. The Bertz CT molecular complexity index is 1530. The molecule has 132 valence electrons. The van der Waals surface area contributed by atoms with Crippen LogP contribution in [0.3, 0.4) is 0 Å². The highest BCUT2D eigenvalue weighted by molar-refractivity contribution is 6.29. The van der Waals surface area contributed by atoms with E-state index in [4.69, 9.17) is 16.0 Å². The Morgan fingerprint density at radius 3 is 2.43 bits per heavy atom. The van der Waals surface area contributed by atoms with Crippen LogP contribution in [0.15, 0.2) is 83.3 Å². The number of fused-ring (bicyclic) bond motifs is 6. The molecule has 6 aromatic rings. The molecule has 28 heavy (non-hydrogen) atoms. The zero-order valence-corrected chi connectivity index (χ0v) is 15.4. The van der Waals surface area contributed by atoms with Crippen molar-refractivity contribution in [3.63, 3.8) is 0 Å². The lowest BCUT2D eigenvalue weighted by Gasteiger charge is -2.08. The molecule has 6 rings (SSSR count). The Balaban J connectivity index is 1.67. The van der Waals surface area contributed by atoms with Crippen molar-refractivity contribution in [2.24, 2.45) is 0 Å². The van der Waals surface area contributed by atoms with Gasteiger partial charge in [-0.2, -0.15) is 0 Å². The van der Waals surface area contributed by atoms with E-state index in [2.05, 4.69) is 40.3 Å². The summed E-state index contributed by atoms with van der Waals surface area (Å²) in [6, 6.07) is 26.6. The van der Waals surface area contributed by atoms with Gasteiger partial charge in [-0.05, 0) is 46.6 Å². The third kappa shape index (κ3) is 2.23. The Morgan fingerprint density at radius 2 is 1.50 bits per heavy atom. The highest BCUT2D eigenvalue weighted by atomic mass is 35.5. The molecule has 4 aromatic carbocycles. The van der Waals surface area contributed by atoms with E-state index in [0.29, 0.717) is 0 Å². The summed E-state index contributed by atoms with van der Waals surface area (Å²) < 4.78 is 6.01. The first-order valence-electron chi connectivity index (χ1n) is 9.05. The second kappa shape index (κ2) is 5.78. The molecule has 0 bridgehead atoms. The monoisotopic (exact) mass is 380 g/mol. The van der Waals surface area contributed by atoms with Crippen LogP contribution in [0.5, 0.6) is 0 Å². The maximum Gasteiger partial charge on any atom is 0.223 e. The van der Waals surface area contributed by atoms with E-state index < -0.39 is 0 Å². The number of aromatic nitrogens is 2. The van der Waals surface area contributed by atoms with E-state index in [1.807, 2.05) is 48.5 Å². The minimum absolute atomic E-state index is 0.255. The van der Waals surface area contributed by atoms with Crippen molar-refractivity contribution in [1.82, 2.24) is 9.97 Å². The van der Waals surface area contributed by atoms with Gasteiger partial charge in [0.05, 0.1) is 11.2 Å². The molecule has 3 nitrogen and oxygen atoms in total. The smallest absolute Gasteiger partial charge is 0.223 e. The molecule has 0 N–H and O–H groups in total. The Morgan fingerprint density at radius 1 is 0.679 bits per heavy atom. The number of nitrogens with zero attached hydrogens (tertiary/aromatic N) is 2. The fourth-order valence-corrected chi connectivity index (χ4v) is 4.14. The summed E-state index contributed by atoms with van der Waals surface area (Å²) in [6.07, 6.45) is 0. The number of rotatable bonds is 1. The van der Waals surface area contributed by atoms with Gasteiger partial charge in [-0.25, -0.2) is 9.97 Å². The average molecular weight is 381 g/mol. The lowest BCUT2D eigenvalue weighted by Crippen LogP contribution is -1.91. The standard InChI is InChI=1S/C24H13ClN2O/c25-24-26-19-7-3-1-5-17(19)23(27-24)15-9-11-16-14(13-15)10-12-21-22(16)18-6-2-4-8-20(18)28-21/h1-13H. The van der Waals surface area contributed by atoms with Crippen molar-refractivity contribution in [1.29, 1.82) is 0 Å². The summed E-state index contributed by atoms with van der Waals surface area (Å²) in [7, 11) is 0. The van der Waals surface area contributed by atoms with Gasteiger partial charge >= 0.3 is 0 Å². The second-order valence-corrected chi connectivity index (χ2v) is 7.17. The van der Waals surface area contributed by atoms with Crippen LogP contribution < -0.4 is 0 Å². The Kier molecular flexibility index (Phi) is 3.22. The summed E-state index contributed by atoms with van der Waals surface area (Å²) in [5.41, 5.74) is 4.50. The van der Waals surface area contributed by atoms with E-state index in [0.717, 1.165) is 54.9 Å². The van der Waals surface area contributed by atoms with Crippen LogP contribution in [0.4, 0.5) is 0 Å². The van der Waals surface area contributed by atoms with Crippen molar-refractivity contribution in [2.45, 2.75) is 0 Å².